The molecule has 0 heterocycles. The number of benzene rings is 1. The maximum absolute atomic E-state index is 12.0. The number of amides is 1. The molecule has 0 fully saturated rings. The monoisotopic (exact) mass is 393 g/mol. The smallest absolute Gasteiger partial charge is 0.343 e. The molecule has 1 rings (SSSR count). The second-order valence-electron chi connectivity index (χ2n) is 3.84. The van der Waals surface area contributed by atoms with Crippen molar-refractivity contribution in [1.82, 2.24) is 5.32 Å². The number of carbonyl (C=O) groups excluding carboxylic acids is 1. The van der Waals surface area contributed by atoms with E-state index >= 15 is 0 Å². The SMILES string of the molecule is Cc1cc(C(=O)NCC(F)(F)F)cc(S(=O)(=O)Cl)c1Br. The maximum Gasteiger partial charge on any atom is 0.405 e. The molecular formula is C10H8BrClF3NO3S. The van der Waals surface area contributed by atoms with Gasteiger partial charge in [-0.1, -0.05) is 0 Å². The Morgan fingerprint density at radius 1 is 1.40 bits per heavy atom. The van der Waals surface area contributed by atoms with Gasteiger partial charge in [-0.15, -0.1) is 0 Å². The van der Waals surface area contributed by atoms with Crippen LogP contribution in [-0.2, 0) is 9.05 Å². The Kier molecular flexibility index (Phi) is 5.09. The highest BCUT2D eigenvalue weighted by Crippen LogP contribution is 2.29. The summed E-state index contributed by atoms with van der Waals surface area (Å²) in [6.07, 6.45) is -4.55. The predicted molar refractivity (Wildman–Crippen MR) is 70.3 cm³/mol. The summed E-state index contributed by atoms with van der Waals surface area (Å²) >= 11 is 2.99. The van der Waals surface area contributed by atoms with Gasteiger partial charge < -0.3 is 5.32 Å². The van der Waals surface area contributed by atoms with Crippen molar-refractivity contribution in [2.24, 2.45) is 0 Å². The molecule has 0 bridgehead atoms. The van der Waals surface area contributed by atoms with E-state index in [0.717, 1.165) is 6.07 Å². The van der Waals surface area contributed by atoms with E-state index in [1.54, 1.807) is 5.32 Å². The average Bonchev–Trinajstić information content (AvgIpc) is 2.26. The minimum Gasteiger partial charge on any atom is -0.343 e. The fourth-order valence-corrected chi connectivity index (χ4v) is 3.48. The molecule has 20 heavy (non-hydrogen) atoms. The molecule has 0 atom stereocenters. The van der Waals surface area contributed by atoms with Gasteiger partial charge in [0, 0.05) is 20.7 Å². The number of halogens is 5. The predicted octanol–water partition coefficient (Wildman–Crippen LogP) is 2.98. The molecule has 112 valence electrons. The number of hydrogen-bond donors (Lipinski definition) is 1. The standard InChI is InChI=1S/C10H8BrClF3NO3S/c1-5-2-6(9(17)16-4-10(13,14)15)3-7(8(5)11)20(12,18)19/h2-3H,4H2,1H3,(H,16,17). The molecule has 4 nitrogen and oxygen atoms in total. The third-order valence-electron chi connectivity index (χ3n) is 2.20. The molecule has 1 amide bonds. The number of alkyl halides is 3. The second kappa shape index (κ2) is 5.90. The van der Waals surface area contributed by atoms with Gasteiger partial charge in [-0.25, -0.2) is 8.42 Å². The minimum atomic E-state index is -4.55. The first-order chi connectivity index (χ1) is 8.92. The van der Waals surface area contributed by atoms with Gasteiger partial charge in [-0.3, -0.25) is 4.79 Å². The van der Waals surface area contributed by atoms with Crippen LogP contribution < -0.4 is 5.32 Å². The lowest BCUT2D eigenvalue weighted by atomic mass is 10.1. The molecule has 0 unspecified atom stereocenters. The number of rotatable bonds is 3. The third kappa shape index (κ3) is 4.64. The van der Waals surface area contributed by atoms with Gasteiger partial charge in [0.05, 0.1) is 4.90 Å². The summed E-state index contributed by atoms with van der Waals surface area (Å²) in [4.78, 5) is 11.2. The van der Waals surface area contributed by atoms with Crippen LogP contribution in [-0.4, -0.2) is 27.0 Å². The molecule has 1 aromatic rings. The quantitative estimate of drug-likeness (QED) is 0.802. The van der Waals surface area contributed by atoms with Crippen molar-refractivity contribution in [3.05, 3.63) is 27.7 Å². The Bertz CT molecular complexity index is 646. The van der Waals surface area contributed by atoms with Crippen molar-refractivity contribution in [2.45, 2.75) is 18.0 Å². The summed E-state index contributed by atoms with van der Waals surface area (Å²) in [6, 6.07) is 2.16. The lowest BCUT2D eigenvalue weighted by Crippen LogP contribution is -2.33. The topological polar surface area (TPSA) is 63.2 Å². The van der Waals surface area contributed by atoms with Crippen LogP contribution in [0.15, 0.2) is 21.5 Å². The number of hydrogen-bond acceptors (Lipinski definition) is 3. The minimum absolute atomic E-state index is 0.153. The van der Waals surface area contributed by atoms with Crippen LogP contribution >= 0.6 is 26.6 Å². The summed E-state index contributed by atoms with van der Waals surface area (Å²) in [6.45, 7) is -0.0277. The normalized spacial score (nSPS) is 12.3. The van der Waals surface area contributed by atoms with E-state index in [1.165, 1.54) is 13.0 Å². The molecule has 1 aromatic carbocycles. The van der Waals surface area contributed by atoms with Crippen LogP contribution in [0.4, 0.5) is 13.2 Å². The summed E-state index contributed by atoms with van der Waals surface area (Å²) in [5, 5.41) is 1.65. The fourth-order valence-electron chi connectivity index (χ4n) is 1.33. The first kappa shape index (κ1) is 17.3. The van der Waals surface area contributed by atoms with E-state index in [1.807, 2.05) is 0 Å². The molecule has 0 saturated heterocycles. The third-order valence-corrected chi connectivity index (χ3v) is 4.86. The van der Waals surface area contributed by atoms with Crippen molar-refractivity contribution in [3.63, 3.8) is 0 Å². The lowest BCUT2D eigenvalue weighted by molar-refractivity contribution is -0.123. The maximum atomic E-state index is 12.0. The fraction of sp³-hybridized carbons (Fsp3) is 0.300. The zero-order chi connectivity index (χ0) is 15.7. The highest BCUT2D eigenvalue weighted by Gasteiger charge is 2.28. The summed E-state index contributed by atoms with van der Waals surface area (Å²) in [7, 11) is 1.06. The van der Waals surface area contributed by atoms with E-state index in [2.05, 4.69) is 15.9 Å². The van der Waals surface area contributed by atoms with Gasteiger partial charge in [0.1, 0.15) is 6.54 Å². The summed E-state index contributed by atoms with van der Waals surface area (Å²) in [5.41, 5.74) is 0.123. The number of nitrogens with one attached hydrogen (secondary N) is 1. The van der Waals surface area contributed by atoms with Crippen LogP contribution in [0.2, 0.25) is 0 Å². The molecule has 0 aliphatic heterocycles. The van der Waals surface area contributed by atoms with E-state index in [-0.39, 0.29) is 14.9 Å². The van der Waals surface area contributed by atoms with Crippen molar-refractivity contribution < 1.29 is 26.4 Å². The molecule has 0 radical (unpaired) electrons. The van der Waals surface area contributed by atoms with Gasteiger partial charge in [0.15, 0.2) is 0 Å². The molecule has 0 spiro atoms. The van der Waals surface area contributed by atoms with Crippen LogP contribution in [0.25, 0.3) is 0 Å². The van der Waals surface area contributed by atoms with Crippen LogP contribution in [0.1, 0.15) is 15.9 Å². The van der Waals surface area contributed by atoms with Gasteiger partial charge >= 0.3 is 6.18 Å². The molecule has 10 heteroatoms. The Balaban J connectivity index is 3.15. The Morgan fingerprint density at radius 3 is 2.40 bits per heavy atom. The van der Waals surface area contributed by atoms with E-state index in [9.17, 15) is 26.4 Å². The first-order valence-corrected chi connectivity index (χ1v) is 8.12. The Hall–Kier alpha value is -0.800. The first-order valence-electron chi connectivity index (χ1n) is 5.01. The van der Waals surface area contributed by atoms with Crippen molar-refractivity contribution in [1.29, 1.82) is 0 Å². The van der Waals surface area contributed by atoms with Gasteiger partial charge in [0.25, 0.3) is 15.0 Å². The van der Waals surface area contributed by atoms with Crippen LogP contribution in [0.5, 0.6) is 0 Å². The lowest BCUT2D eigenvalue weighted by Gasteiger charge is -2.11. The number of aryl methyl sites for hydroxylation is 1. The summed E-state index contributed by atoms with van der Waals surface area (Å²) in [5.74, 6) is -1.04. The average molecular weight is 395 g/mol. The number of carbonyl (C=O) groups is 1. The molecule has 0 aliphatic rings. The second-order valence-corrected chi connectivity index (χ2v) is 7.17. The molecule has 0 saturated carbocycles. The van der Waals surface area contributed by atoms with Gasteiger partial charge in [-0.2, -0.15) is 13.2 Å². The van der Waals surface area contributed by atoms with Crippen LogP contribution in [0.3, 0.4) is 0 Å². The Morgan fingerprint density at radius 2 is 1.95 bits per heavy atom. The molecule has 0 aromatic heterocycles. The van der Waals surface area contributed by atoms with Crippen molar-refractivity contribution in [2.75, 3.05) is 6.54 Å². The highest BCUT2D eigenvalue weighted by atomic mass is 79.9. The van der Waals surface area contributed by atoms with Crippen LogP contribution in [0, 0.1) is 6.92 Å². The van der Waals surface area contributed by atoms with E-state index < -0.39 is 27.7 Å². The molecule has 1 N–H and O–H groups in total. The highest BCUT2D eigenvalue weighted by molar-refractivity contribution is 9.10. The summed E-state index contributed by atoms with van der Waals surface area (Å²) < 4.78 is 58.8. The van der Waals surface area contributed by atoms with Gasteiger partial charge in [0.2, 0.25) is 0 Å². The molecule has 0 aliphatic carbocycles. The van der Waals surface area contributed by atoms with Crippen molar-refractivity contribution >= 4 is 41.6 Å². The van der Waals surface area contributed by atoms with Crippen molar-refractivity contribution in [3.8, 4) is 0 Å². The van der Waals surface area contributed by atoms with E-state index in [4.69, 9.17) is 10.7 Å². The largest absolute Gasteiger partial charge is 0.405 e. The zero-order valence-corrected chi connectivity index (χ0v) is 13.0. The molecular weight excluding hydrogens is 387 g/mol. The zero-order valence-electron chi connectivity index (χ0n) is 9.88. The Labute approximate surface area is 125 Å². The van der Waals surface area contributed by atoms with Gasteiger partial charge in [-0.05, 0) is 40.5 Å². The van der Waals surface area contributed by atoms with E-state index in [0.29, 0.717) is 5.56 Å².